The molecule has 222 valence electrons. The lowest BCUT2D eigenvalue weighted by Gasteiger charge is -2.46. The Labute approximate surface area is 261 Å². The Bertz CT molecular complexity index is 1590. The van der Waals surface area contributed by atoms with Crippen molar-refractivity contribution in [2.24, 2.45) is 11.0 Å². The maximum Gasteiger partial charge on any atom is 0.257 e. The predicted molar refractivity (Wildman–Crippen MR) is 170 cm³/mol. The summed E-state index contributed by atoms with van der Waals surface area (Å²) < 4.78 is 13.5. The average molecular weight is 620 g/mol. The van der Waals surface area contributed by atoms with Gasteiger partial charge in [-0.15, -0.1) is 0 Å². The Morgan fingerprint density at radius 3 is 2.30 bits per heavy atom. The van der Waals surface area contributed by atoms with Crippen molar-refractivity contribution in [3.8, 4) is 0 Å². The number of carbonyl (C=O) groups excluding carboxylic acids is 2. The van der Waals surface area contributed by atoms with Crippen molar-refractivity contribution in [1.82, 2.24) is 9.91 Å². The Kier molecular flexibility index (Phi) is 8.16. The number of hydrazone groups is 1. The van der Waals surface area contributed by atoms with Gasteiger partial charge in [0, 0.05) is 34.7 Å². The summed E-state index contributed by atoms with van der Waals surface area (Å²) in [5, 5.41) is 7.95. The van der Waals surface area contributed by atoms with E-state index in [0.29, 0.717) is 28.8 Å². The van der Waals surface area contributed by atoms with Gasteiger partial charge in [-0.05, 0) is 104 Å². The lowest BCUT2D eigenvalue weighted by molar-refractivity contribution is -0.140. The Morgan fingerprint density at radius 1 is 0.977 bits per heavy atom. The van der Waals surface area contributed by atoms with Crippen LogP contribution in [-0.4, -0.2) is 52.6 Å². The highest BCUT2D eigenvalue weighted by atomic mass is 35.5. The van der Waals surface area contributed by atoms with Crippen molar-refractivity contribution in [2.45, 2.75) is 44.7 Å². The van der Waals surface area contributed by atoms with Crippen molar-refractivity contribution in [3.63, 3.8) is 0 Å². The molecule has 6 nitrogen and oxygen atoms in total. The highest BCUT2D eigenvalue weighted by molar-refractivity contribution is 6.30. The molecule has 43 heavy (non-hydrogen) atoms. The summed E-state index contributed by atoms with van der Waals surface area (Å²) >= 11 is 12.3. The summed E-state index contributed by atoms with van der Waals surface area (Å²) in [6, 6.07) is 21.0. The van der Waals surface area contributed by atoms with Crippen LogP contribution < -0.4 is 4.90 Å². The smallest absolute Gasteiger partial charge is 0.257 e. The van der Waals surface area contributed by atoms with E-state index in [1.165, 1.54) is 12.1 Å². The number of amides is 2. The molecule has 6 rings (SSSR count). The minimum atomic E-state index is -0.947. The third kappa shape index (κ3) is 5.86. The molecule has 0 radical (unpaired) electrons. The number of hydrogen-bond donors (Lipinski definition) is 0. The maximum absolute atomic E-state index is 14.1. The van der Waals surface area contributed by atoms with Crippen LogP contribution in [0.4, 0.5) is 10.1 Å². The second kappa shape index (κ2) is 11.9. The largest absolute Gasteiger partial charge is 0.310 e. The molecule has 3 aliphatic rings. The number of anilines is 1. The first-order chi connectivity index (χ1) is 20.6. The standard InChI is InChI=1S/C34H33Cl2FN4O2/c1-34(2)33(43)40(28-16-14-27(37)15-17-28)19-18-39(34)21-30(42)41-32(23-8-12-26(36)13-9-23)29-5-3-4-24(31(29)38-41)20-22-6-10-25(35)11-7-22/h6-17,20,29,32H,3-5,18-19,21H2,1-2H3/b24-20-. The van der Waals surface area contributed by atoms with E-state index in [2.05, 4.69) is 6.08 Å². The van der Waals surface area contributed by atoms with Gasteiger partial charge in [-0.2, -0.15) is 5.10 Å². The van der Waals surface area contributed by atoms with Crippen molar-refractivity contribution < 1.29 is 14.0 Å². The first kappa shape index (κ1) is 29.5. The lowest BCUT2D eigenvalue weighted by Crippen LogP contribution is -2.64. The minimum absolute atomic E-state index is 0.0415. The van der Waals surface area contributed by atoms with E-state index < -0.39 is 5.54 Å². The Balaban J connectivity index is 1.29. The molecule has 2 fully saturated rings. The monoisotopic (exact) mass is 618 g/mol. The molecule has 1 aliphatic carbocycles. The van der Waals surface area contributed by atoms with Crippen LogP contribution in [0.1, 0.15) is 50.3 Å². The maximum atomic E-state index is 14.1. The lowest BCUT2D eigenvalue weighted by atomic mass is 9.77. The number of rotatable bonds is 5. The summed E-state index contributed by atoms with van der Waals surface area (Å²) in [4.78, 5) is 31.3. The SMILES string of the molecule is CC1(C)C(=O)N(c2ccc(F)cc2)CCN1CC(=O)N1N=C2/C(=C\c3ccc(Cl)cc3)CCCC2C1c1ccc(Cl)cc1. The molecule has 2 amide bonds. The van der Waals surface area contributed by atoms with Gasteiger partial charge in [0.1, 0.15) is 5.82 Å². The van der Waals surface area contributed by atoms with Gasteiger partial charge in [-0.1, -0.05) is 47.5 Å². The van der Waals surface area contributed by atoms with Crippen LogP contribution in [0.25, 0.3) is 6.08 Å². The molecule has 0 aromatic heterocycles. The number of allylic oxidation sites excluding steroid dienone is 1. The number of nitrogens with zero attached hydrogens (tertiary/aromatic N) is 4. The fraction of sp³-hybridized carbons (Fsp3) is 0.324. The number of benzene rings is 3. The number of fused-ring (bicyclic) bond motifs is 1. The van der Waals surface area contributed by atoms with E-state index >= 15 is 0 Å². The van der Waals surface area contributed by atoms with Gasteiger partial charge in [0.05, 0.1) is 23.8 Å². The molecule has 2 heterocycles. The first-order valence-corrected chi connectivity index (χ1v) is 15.3. The van der Waals surface area contributed by atoms with Crippen molar-refractivity contribution >= 4 is 52.5 Å². The van der Waals surface area contributed by atoms with Crippen LogP contribution >= 0.6 is 23.2 Å². The highest BCUT2D eigenvalue weighted by Gasteiger charge is 2.47. The van der Waals surface area contributed by atoms with Crippen LogP contribution in [0, 0.1) is 11.7 Å². The molecule has 2 aliphatic heterocycles. The molecule has 0 N–H and O–H groups in total. The third-order valence-corrected chi connectivity index (χ3v) is 9.30. The summed E-state index contributed by atoms with van der Waals surface area (Å²) in [5.41, 5.74) is 3.77. The van der Waals surface area contributed by atoms with Crippen LogP contribution in [0.3, 0.4) is 0 Å². The fourth-order valence-corrected chi connectivity index (χ4v) is 6.66. The van der Waals surface area contributed by atoms with Crippen molar-refractivity contribution in [3.05, 3.63) is 105 Å². The molecule has 2 atom stereocenters. The normalized spacial score (nSPS) is 23.0. The van der Waals surface area contributed by atoms with Crippen molar-refractivity contribution in [2.75, 3.05) is 24.5 Å². The van der Waals surface area contributed by atoms with Crippen LogP contribution in [0.2, 0.25) is 10.0 Å². The van der Waals surface area contributed by atoms with Gasteiger partial charge in [0.25, 0.3) is 5.91 Å². The van der Waals surface area contributed by atoms with Gasteiger partial charge >= 0.3 is 0 Å². The van der Waals surface area contributed by atoms with Gasteiger partial charge in [0.2, 0.25) is 5.91 Å². The zero-order valence-corrected chi connectivity index (χ0v) is 25.7. The predicted octanol–water partition coefficient (Wildman–Crippen LogP) is 7.38. The summed E-state index contributed by atoms with van der Waals surface area (Å²) in [7, 11) is 0. The molecule has 3 aromatic rings. The summed E-state index contributed by atoms with van der Waals surface area (Å²) in [5.74, 6) is -0.609. The minimum Gasteiger partial charge on any atom is -0.310 e. The topological polar surface area (TPSA) is 56.2 Å². The number of hydrogen-bond acceptors (Lipinski definition) is 4. The molecule has 1 saturated heterocycles. The van der Waals surface area contributed by atoms with Gasteiger partial charge in [-0.25, -0.2) is 9.40 Å². The van der Waals surface area contributed by atoms with E-state index in [1.807, 2.05) is 67.3 Å². The zero-order valence-electron chi connectivity index (χ0n) is 24.1. The van der Waals surface area contributed by atoms with E-state index in [9.17, 15) is 14.0 Å². The second-order valence-corrected chi connectivity index (χ2v) is 12.7. The van der Waals surface area contributed by atoms with E-state index in [4.69, 9.17) is 28.3 Å². The van der Waals surface area contributed by atoms with E-state index in [-0.39, 0.29) is 36.1 Å². The molecular formula is C34H33Cl2FN4O2. The summed E-state index contributed by atoms with van der Waals surface area (Å²) in [6.45, 7) is 4.59. The first-order valence-electron chi connectivity index (χ1n) is 14.6. The second-order valence-electron chi connectivity index (χ2n) is 11.9. The third-order valence-electron chi connectivity index (χ3n) is 8.80. The molecule has 0 bridgehead atoms. The fourth-order valence-electron chi connectivity index (χ4n) is 6.41. The van der Waals surface area contributed by atoms with Crippen LogP contribution in [0.5, 0.6) is 0 Å². The number of carbonyl (C=O) groups is 2. The highest BCUT2D eigenvalue weighted by Crippen LogP contribution is 2.45. The molecular weight excluding hydrogens is 586 g/mol. The number of halogens is 3. The van der Waals surface area contributed by atoms with E-state index in [1.54, 1.807) is 22.0 Å². The molecule has 1 saturated carbocycles. The van der Waals surface area contributed by atoms with Gasteiger partial charge in [0.15, 0.2) is 0 Å². The molecule has 0 spiro atoms. The number of piperazine rings is 1. The van der Waals surface area contributed by atoms with Crippen LogP contribution in [0.15, 0.2) is 83.5 Å². The van der Waals surface area contributed by atoms with E-state index in [0.717, 1.165) is 41.7 Å². The quantitative estimate of drug-likeness (QED) is 0.300. The van der Waals surface area contributed by atoms with Gasteiger partial charge < -0.3 is 4.90 Å². The Morgan fingerprint density at radius 2 is 1.63 bits per heavy atom. The molecule has 2 unspecified atom stereocenters. The molecule has 3 aromatic carbocycles. The average Bonchev–Trinajstić information content (AvgIpc) is 3.39. The Hall–Kier alpha value is -3.52. The van der Waals surface area contributed by atoms with Gasteiger partial charge in [-0.3, -0.25) is 14.5 Å². The molecule has 9 heteroatoms. The van der Waals surface area contributed by atoms with Crippen LogP contribution in [-0.2, 0) is 9.59 Å². The van der Waals surface area contributed by atoms with Crippen molar-refractivity contribution in [1.29, 1.82) is 0 Å². The summed E-state index contributed by atoms with van der Waals surface area (Å²) in [6.07, 6.45) is 4.92. The zero-order chi connectivity index (χ0) is 30.3.